The van der Waals surface area contributed by atoms with E-state index in [0.717, 1.165) is 24.9 Å². The molecule has 0 heterocycles. The molecule has 0 aromatic rings. The van der Waals surface area contributed by atoms with Gasteiger partial charge in [0, 0.05) is 0 Å². The first kappa shape index (κ1) is 10.4. The van der Waals surface area contributed by atoms with Crippen LogP contribution < -0.4 is 0 Å². The van der Waals surface area contributed by atoms with E-state index in [-0.39, 0.29) is 0 Å². The Morgan fingerprint density at radius 1 is 1.10 bits per heavy atom. The van der Waals surface area contributed by atoms with Crippen molar-refractivity contribution in [3.05, 3.63) is 0 Å². The summed E-state index contributed by atoms with van der Waals surface area (Å²) in [6.45, 7) is 5.25. The van der Waals surface area contributed by atoms with Crippen molar-refractivity contribution in [1.82, 2.24) is 0 Å². The molecular formula is C8H20FP. The molecule has 0 bridgehead atoms. The number of halogens is 1. The molecule has 10 heavy (non-hydrogen) atoms. The molecule has 2 heteroatoms. The molecule has 0 N–H and O–H groups in total. The molecule has 0 saturated heterocycles. The van der Waals surface area contributed by atoms with Crippen LogP contribution in [0.1, 0.15) is 27.2 Å². The summed E-state index contributed by atoms with van der Waals surface area (Å²) in [7, 11) is 0. The third-order valence-electron chi connectivity index (χ3n) is 2.61. The first-order valence-electron chi connectivity index (χ1n) is 4.19. The second kappa shape index (κ2) is 3.17. The Balaban J connectivity index is 4.19. The van der Waals surface area contributed by atoms with Gasteiger partial charge in [0.15, 0.2) is 0 Å². The van der Waals surface area contributed by atoms with Crippen LogP contribution in [0.15, 0.2) is 0 Å². The van der Waals surface area contributed by atoms with Crippen molar-refractivity contribution in [3.63, 3.8) is 0 Å². The Labute approximate surface area is 64.3 Å². The molecule has 0 spiro atoms. The van der Waals surface area contributed by atoms with Crippen LogP contribution in [-0.4, -0.2) is 25.2 Å². The van der Waals surface area contributed by atoms with Crippen LogP contribution in [0.2, 0.25) is 0 Å². The van der Waals surface area contributed by atoms with Crippen LogP contribution in [0.4, 0.5) is 4.20 Å². The first-order valence-corrected chi connectivity index (χ1v) is 7.32. The van der Waals surface area contributed by atoms with Crippen LogP contribution in [0.5, 0.6) is 0 Å². The molecule has 64 valence electrons. The van der Waals surface area contributed by atoms with Gasteiger partial charge in [-0.15, -0.1) is 0 Å². The van der Waals surface area contributed by atoms with Crippen molar-refractivity contribution < 1.29 is 4.20 Å². The van der Waals surface area contributed by atoms with Crippen LogP contribution in [0.3, 0.4) is 0 Å². The summed E-state index contributed by atoms with van der Waals surface area (Å²) in [6, 6.07) is 0. The van der Waals surface area contributed by atoms with Crippen molar-refractivity contribution in [3.8, 4) is 0 Å². The zero-order chi connectivity index (χ0) is 8.28. The maximum absolute atomic E-state index is 14.1. The van der Waals surface area contributed by atoms with E-state index in [4.69, 9.17) is 0 Å². The Kier molecular flexibility index (Phi) is 3.29. The van der Waals surface area contributed by atoms with Gasteiger partial charge < -0.3 is 0 Å². The average molecular weight is 166 g/mol. The van der Waals surface area contributed by atoms with Gasteiger partial charge in [-0.25, -0.2) is 0 Å². The molecule has 0 nitrogen and oxygen atoms in total. The summed E-state index contributed by atoms with van der Waals surface area (Å²) in [4.78, 5) is 0. The van der Waals surface area contributed by atoms with Crippen LogP contribution in [-0.2, 0) is 0 Å². The van der Waals surface area contributed by atoms with E-state index in [9.17, 15) is 4.20 Å². The molecule has 0 fully saturated rings. The second-order valence-electron chi connectivity index (χ2n) is 3.50. The predicted octanol–water partition coefficient (Wildman–Crippen LogP) is 3.50. The molecule has 0 aliphatic heterocycles. The van der Waals surface area contributed by atoms with Crippen LogP contribution >= 0.6 is 6.91 Å². The maximum atomic E-state index is 14.1. The van der Waals surface area contributed by atoms with E-state index < -0.39 is 6.91 Å². The van der Waals surface area contributed by atoms with E-state index in [0.29, 0.717) is 0 Å². The van der Waals surface area contributed by atoms with Crippen molar-refractivity contribution >= 4 is 6.91 Å². The minimum absolute atomic E-state index is 0.760. The van der Waals surface area contributed by atoms with Gasteiger partial charge in [0.25, 0.3) is 0 Å². The summed E-state index contributed by atoms with van der Waals surface area (Å²) in [5.41, 5.74) is 0. The minimum atomic E-state index is -2.66. The fraction of sp³-hybridized carbons (Fsp3) is 1.00. The van der Waals surface area contributed by atoms with Crippen molar-refractivity contribution in [2.45, 2.75) is 27.2 Å². The molecule has 0 saturated carbocycles. The molecular weight excluding hydrogens is 146 g/mol. The van der Waals surface area contributed by atoms with Gasteiger partial charge in [-0.05, 0) is 0 Å². The fourth-order valence-electron chi connectivity index (χ4n) is 1.16. The first-order chi connectivity index (χ1) is 4.46. The molecule has 0 amide bonds. The zero-order valence-electron chi connectivity index (χ0n) is 7.65. The summed E-state index contributed by atoms with van der Waals surface area (Å²) < 4.78 is 14.1. The Morgan fingerprint density at radius 3 is 1.60 bits per heavy atom. The van der Waals surface area contributed by atoms with Gasteiger partial charge >= 0.3 is 63.5 Å². The number of hydrogen-bond donors (Lipinski definition) is 0. The fourth-order valence-corrected chi connectivity index (χ4v) is 3.49. The predicted molar refractivity (Wildman–Crippen MR) is 50.2 cm³/mol. The topological polar surface area (TPSA) is 0 Å². The summed E-state index contributed by atoms with van der Waals surface area (Å²) in [5, 5.41) is 0. The number of hydrogen-bond acceptors (Lipinski definition) is 0. The van der Waals surface area contributed by atoms with Gasteiger partial charge in [-0.3, -0.25) is 0 Å². The van der Waals surface area contributed by atoms with Gasteiger partial charge in [-0.1, -0.05) is 0 Å². The molecule has 0 aliphatic carbocycles. The van der Waals surface area contributed by atoms with E-state index in [1.165, 1.54) is 0 Å². The average Bonchev–Trinajstić information content (AvgIpc) is 1.90. The normalized spacial score (nSPS) is 16.3. The second-order valence-corrected chi connectivity index (χ2v) is 9.51. The standard InChI is InChI=1S/C8H20FP/c1-5-8-10(4,9,6-2)7-3/h5-8H2,1-4H3. The van der Waals surface area contributed by atoms with Gasteiger partial charge in [-0.2, -0.15) is 0 Å². The van der Waals surface area contributed by atoms with Gasteiger partial charge in [0.1, 0.15) is 0 Å². The van der Waals surface area contributed by atoms with E-state index >= 15 is 0 Å². The van der Waals surface area contributed by atoms with Gasteiger partial charge in [0.2, 0.25) is 0 Å². The number of rotatable bonds is 4. The monoisotopic (exact) mass is 166 g/mol. The molecule has 0 aliphatic rings. The summed E-state index contributed by atoms with van der Waals surface area (Å²) in [5.74, 6) is 0. The zero-order valence-corrected chi connectivity index (χ0v) is 8.55. The van der Waals surface area contributed by atoms with Crippen molar-refractivity contribution in [2.24, 2.45) is 0 Å². The van der Waals surface area contributed by atoms with Crippen LogP contribution in [0, 0.1) is 0 Å². The molecule has 0 unspecified atom stereocenters. The molecule has 0 radical (unpaired) electrons. The Hall–Kier alpha value is 0.360. The van der Waals surface area contributed by atoms with E-state index in [2.05, 4.69) is 6.92 Å². The molecule has 0 aromatic heterocycles. The van der Waals surface area contributed by atoms with E-state index in [1.807, 2.05) is 20.5 Å². The molecule has 0 rings (SSSR count). The molecule has 0 aromatic carbocycles. The van der Waals surface area contributed by atoms with Crippen molar-refractivity contribution in [2.75, 3.05) is 25.2 Å². The van der Waals surface area contributed by atoms with Gasteiger partial charge in [0.05, 0.1) is 0 Å². The Morgan fingerprint density at radius 2 is 1.50 bits per heavy atom. The SMILES string of the molecule is CCCP(C)(F)(CC)CC. The van der Waals surface area contributed by atoms with E-state index in [1.54, 1.807) is 0 Å². The summed E-state index contributed by atoms with van der Waals surface area (Å²) >= 11 is 0. The van der Waals surface area contributed by atoms with Crippen molar-refractivity contribution in [1.29, 1.82) is 0 Å². The molecule has 0 atom stereocenters. The summed E-state index contributed by atoms with van der Waals surface area (Å²) in [6.07, 6.45) is 3.33. The Bertz CT molecular complexity index is 102. The quantitative estimate of drug-likeness (QED) is 0.561. The third kappa shape index (κ3) is 2.54. The third-order valence-corrected chi connectivity index (χ3v) is 7.84. The van der Waals surface area contributed by atoms with Crippen LogP contribution in [0.25, 0.3) is 0 Å².